The molecule has 0 aromatic heterocycles. The fourth-order valence-corrected chi connectivity index (χ4v) is 4.71. The van der Waals surface area contributed by atoms with E-state index in [-0.39, 0.29) is 11.8 Å². The van der Waals surface area contributed by atoms with E-state index in [4.69, 9.17) is 9.47 Å². The summed E-state index contributed by atoms with van der Waals surface area (Å²) in [5, 5.41) is 0. The van der Waals surface area contributed by atoms with Crippen LogP contribution in [0, 0.1) is 0 Å². The van der Waals surface area contributed by atoms with Crippen LogP contribution >= 0.6 is 0 Å². The van der Waals surface area contributed by atoms with E-state index < -0.39 is 0 Å². The predicted octanol–water partition coefficient (Wildman–Crippen LogP) is 4.44. The lowest BCUT2D eigenvalue weighted by atomic mass is 9.97. The minimum atomic E-state index is -0.364. The van der Waals surface area contributed by atoms with Gasteiger partial charge in [-0.15, -0.1) is 0 Å². The molecular formula is C28H26N2O4. The highest BCUT2D eigenvalue weighted by Gasteiger charge is 2.44. The van der Waals surface area contributed by atoms with Gasteiger partial charge in [0.2, 0.25) is 0 Å². The minimum absolute atomic E-state index is 0.334. The maximum Gasteiger partial charge on any atom is 0.282 e. The second-order valence-electron chi connectivity index (χ2n) is 8.24. The molecule has 2 heterocycles. The topological polar surface area (TPSA) is 59.1 Å². The number of methoxy groups -OCH3 is 1. The van der Waals surface area contributed by atoms with Gasteiger partial charge in [0.25, 0.3) is 11.8 Å². The Kier molecular flexibility index (Phi) is 5.80. The monoisotopic (exact) mass is 454 g/mol. The van der Waals surface area contributed by atoms with Crippen LogP contribution in [0.4, 0.5) is 5.69 Å². The zero-order valence-corrected chi connectivity index (χ0v) is 19.3. The number of imide groups is 1. The van der Waals surface area contributed by atoms with Gasteiger partial charge in [0, 0.05) is 24.7 Å². The Morgan fingerprint density at radius 2 is 1.65 bits per heavy atom. The van der Waals surface area contributed by atoms with Crippen LogP contribution in [0.15, 0.2) is 78.5 Å². The second kappa shape index (κ2) is 9.06. The number of ether oxygens (including phenoxy) is 2. The minimum Gasteiger partial charge on any atom is -0.496 e. The lowest BCUT2D eigenvalue weighted by Crippen LogP contribution is -2.37. The molecule has 0 atom stereocenters. The Bertz CT molecular complexity index is 1300. The summed E-state index contributed by atoms with van der Waals surface area (Å²) in [4.78, 5) is 31.1. The SMILES string of the molecule is CCOc1cccc(N2C(=O)C(c3ccccc3OC)=C(N3CCc4ccccc4C3)C2=O)c1. The van der Waals surface area contributed by atoms with Crippen LogP contribution in [0.5, 0.6) is 11.5 Å². The smallest absolute Gasteiger partial charge is 0.282 e. The molecule has 2 aliphatic heterocycles. The first kappa shape index (κ1) is 21.8. The summed E-state index contributed by atoms with van der Waals surface area (Å²) in [7, 11) is 1.57. The van der Waals surface area contributed by atoms with Crippen molar-refractivity contribution in [1.29, 1.82) is 0 Å². The number of benzene rings is 3. The Morgan fingerprint density at radius 1 is 0.882 bits per heavy atom. The van der Waals surface area contributed by atoms with Crippen molar-refractivity contribution in [3.05, 3.63) is 95.2 Å². The first-order valence-electron chi connectivity index (χ1n) is 11.4. The van der Waals surface area contributed by atoms with Crippen LogP contribution in [-0.2, 0) is 22.6 Å². The molecule has 0 bridgehead atoms. The quantitative estimate of drug-likeness (QED) is 0.516. The van der Waals surface area contributed by atoms with Gasteiger partial charge < -0.3 is 14.4 Å². The van der Waals surface area contributed by atoms with Crippen LogP contribution < -0.4 is 14.4 Å². The summed E-state index contributed by atoms with van der Waals surface area (Å²) in [6.45, 7) is 3.60. The third-order valence-corrected chi connectivity index (χ3v) is 6.27. The molecule has 172 valence electrons. The van der Waals surface area contributed by atoms with Crippen molar-refractivity contribution in [3.63, 3.8) is 0 Å². The largest absolute Gasteiger partial charge is 0.496 e. The molecule has 6 nitrogen and oxygen atoms in total. The number of anilines is 1. The van der Waals surface area contributed by atoms with Gasteiger partial charge in [-0.25, -0.2) is 4.90 Å². The molecule has 2 amide bonds. The third-order valence-electron chi connectivity index (χ3n) is 6.27. The maximum atomic E-state index is 13.9. The van der Waals surface area contributed by atoms with Gasteiger partial charge in [-0.3, -0.25) is 9.59 Å². The van der Waals surface area contributed by atoms with Gasteiger partial charge in [-0.2, -0.15) is 0 Å². The zero-order chi connectivity index (χ0) is 23.7. The highest BCUT2D eigenvalue weighted by atomic mass is 16.5. The lowest BCUT2D eigenvalue weighted by Gasteiger charge is -2.31. The first-order chi connectivity index (χ1) is 16.6. The Morgan fingerprint density at radius 3 is 2.44 bits per heavy atom. The summed E-state index contributed by atoms with van der Waals surface area (Å²) < 4.78 is 11.2. The fourth-order valence-electron chi connectivity index (χ4n) is 4.71. The van der Waals surface area contributed by atoms with Crippen LogP contribution in [0.25, 0.3) is 5.57 Å². The van der Waals surface area contributed by atoms with E-state index in [1.54, 1.807) is 25.3 Å². The van der Waals surface area contributed by atoms with E-state index in [0.29, 0.717) is 53.7 Å². The standard InChI is InChI=1S/C28H26N2O4/c1-3-34-22-12-8-11-21(17-22)30-27(31)25(23-13-6-7-14-24(23)33-2)26(28(30)32)29-16-15-19-9-4-5-10-20(19)18-29/h4-14,17H,3,15-16,18H2,1-2H3. The average Bonchev–Trinajstić information content (AvgIpc) is 3.13. The number of amides is 2. The number of carbonyl (C=O) groups excluding carboxylic acids is 2. The molecule has 3 aromatic carbocycles. The van der Waals surface area contributed by atoms with Gasteiger partial charge >= 0.3 is 0 Å². The lowest BCUT2D eigenvalue weighted by molar-refractivity contribution is -0.120. The van der Waals surface area contributed by atoms with Gasteiger partial charge in [0.05, 0.1) is 25.0 Å². The molecular weight excluding hydrogens is 428 g/mol. The number of fused-ring (bicyclic) bond motifs is 1. The van der Waals surface area contributed by atoms with Crippen LogP contribution in [0.1, 0.15) is 23.6 Å². The molecule has 5 rings (SSSR count). The molecule has 0 unspecified atom stereocenters. The van der Waals surface area contributed by atoms with Crippen molar-refractivity contribution < 1.29 is 19.1 Å². The van der Waals surface area contributed by atoms with Gasteiger partial charge in [-0.05, 0) is 42.7 Å². The summed E-state index contributed by atoms with van der Waals surface area (Å²) >= 11 is 0. The average molecular weight is 455 g/mol. The second-order valence-corrected chi connectivity index (χ2v) is 8.24. The van der Waals surface area contributed by atoms with Crippen molar-refractivity contribution in [2.45, 2.75) is 19.9 Å². The van der Waals surface area contributed by atoms with Crippen molar-refractivity contribution in [3.8, 4) is 11.5 Å². The van der Waals surface area contributed by atoms with E-state index in [9.17, 15) is 9.59 Å². The van der Waals surface area contributed by atoms with Crippen LogP contribution in [0.3, 0.4) is 0 Å². The molecule has 34 heavy (non-hydrogen) atoms. The summed E-state index contributed by atoms with van der Waals surface area (Å²) in [6.07, 6.45) is 0.806. The van der Waals surface area contributed by atoms with E-state index in [1.807, 2.05) is 54.3 Å². The van der Waals surface area contributed by atoms with Crippen LogP contribution in [-0.4, -0.2) is 37.0 Å². The first-order valence-corrected chi connectivity index (χ1v) is 11.4. The number of carbonyl (C=O) groups is 2. The molecule has 0 aliphatic carbocycles. The Balaban J connectivity index is 1.63. The number of para-hydroxylation sites is 1. The van der Waals surface area contributed by atoms with Crippen molar-refractivity contribution in [2.75, 3.05) is 25.2 Å². The normalized spacial score (nSPS) is 15.6. The summed E-state index contributed by atoms with van der Waals surface area (Å²) in [5.74, 6) is 0.467. The fraction of sp³-hybridized carbons (Fsp3) is 0.214. The molecule has 0 spiro atoms. The van der Waals surface area contributed by atoms with E-state index in [1.165, 1.54) is 10.5 Å². The van der Waals surface area contributed by atoms with Gasteiger partial charge in [0.1, 0.15) is 17.2 Å². The summed E-state index contributed by atoms with van der Waals surface area (Å²) in [5.41, 5.74) is 4.31. The number of hydrogen-bond donors (Lipinski definition) is 0. The Labute approximate surface area is 199 Å². The van der Waals surface area contributed by atoms with Gasteiger partial charge in [-0.1, -0.05) is 48.5 Å². The zero-order valence-electron chi connectivity index (χ0n) is 19.3. The molecule has 0 saturated heterocycles. The van der Waals surface area contributed by atoms with E-state index in [2.05, 4.69) is 12.1 Å². The van der Waals surface area contributed by atoms with Crippen molar-refractivity contribution >= 4 is 23.1 Å². The number of nitrogens with zero attached hydrogens (tertiary/aromatic N) is 2. The van der Waals surface area contributed by atoms with Gasteiger partial charge in [0.15, 0.2) is 0 Å². The highest BCUT2D eigenvalue weighted by molar-refractivity contribution is 6.45. The highest BCUT2D eigenvalue weighted by Crippen LogP contribution is 2.40. The molecule has 0 fully saturated rings. The van der Waals surface area contributed by atoms with E-state index >= 15 is 0 Å². The molecule has 3 aromatic rings. The Hall–Kier alpha value is -4.06. The van der Waals surface area contributed by atoms with Crippen LogP contribution in [0.2, 0.25) is 0 Å². The number of rotatable bonds is 6. The molecule has 0 radical (unpaired) electrons. The molecule has 6 heteroatoms. The maximum absolute atomic E-state index is 13.9. The number of hydrogen-bond acceptors (Lipinski definition) is 5. The predicted molar refractivity (Wildman–Crippen MR) is 131 cm³/mol. The summed E-state index contributed by atoms with van der Waals surface area (Å²) in [6, 6.07) is 22.7. The molecule has 0 saturated carbocycles. The molecule has 0 N–H and O–H groups in total. The third kappa shape index (κ3) is 3.71. The molecule has 2 aliphatic rings. The van der Waals surface area contributed by atoms with Crippen molar-refractivity contribution in [1.82, 2.24) is 4.90 Å². The van der Waals surface area contributed by atoms with E-state index in [0.717, 1.165) is 12.0 Å². The van der Waals surface area contributed by atoms with Crippen molar-refractivity contribution in [2.24, 2.45) is 0 Å².